The minimum absolute atomic E-state index is 0.413. The van der Waals surface area contributed by atoms with E-state index in [0.717, 1.165) is 24.4 Å². The molecule has 0 saturated carbocycles. The van der Waals surface area contributed by atoms with Gasteiger partial charge in [0.15, 0.2) is 0 Å². The summed E-state index contributed by atoms with van der Waals surface area (Å²) in [5.41, 5.74) is 14.8. The molecular weight excluding hydrogens is 210 g/mol. The third kappa shape index (κ3) is 4.27. The quantitative estimate of drug-likeness (QED) is 0.733. The third-order valence-corrected chi connectivity index (χ3v) is 3.33. The molecule has 0 heterocycles. The van der Waals surface area contributed by atoms with E-state index in [1.807, 2.05) is 6.08 Å². The van der Waals surface area contributed by atoms with Crippen LogP contribution < -0.4 is 11.5 Å². The first-order valence-corrected chi connectivity index (χ1v) is 6.17. The predicted molar refractivity (Wildman–Crippen MR) is 74.2 cm³/mol. The second-order valence-corrected chi connectivity index (χ2v) is 5.22. The maximum atomic E-state index is 5.89. The summed E-state index contributed by atoms with van der Waals surface area (Å²) in [5, 5.41) is 0. The van der Waals surface area contributed by atoms with E-state index in [-0.39, 0.29) is 0 Å². The third-order valence-electron chi connectivity index (χ3n) is 3.33. The summed E-state index contributed by atoms with van der Waals surface area (Å²) in [5.74, 6) is 0.413. The van der Waals surface area contributed by atoms with Gasteiger partial charge in [-0.3, -0.25) is 4.90 Å². The van der Waals surface area contributed by atoms with Crippen LogP contribution in [0.3, 0.4) is 0 Å². The van der Waals surface area contributed by atoms with E-state index in [1.54, 1.807) is 0 Å². The highest BCUT2D eigenvalue weighted by atomic mass is 15.1. The summed E-state index contributed by atoms with van der Waals surface area (Å²) >= 11 is 0. The average Bonchev–Trinajstić information content (AvgIpc) is 2.23. The number of rotatable bonds is 4. The molecule has 0 fully saturated rings. The van der Waals surface area contributed by atoms with Gasteiger partial charge in [-0.25, -0.2) is 0 Å². The highest BCUT2D eigenvalue weighted by Crippen LogP contribution is 2.23. The lowest BCUT2D eigenvalue weighted by Crippen LogP contribution is -2.36. The monoisotopic (exact) mass is 235 g/mol. The van der Waals surface area contributed by atoms with Gasteiger partial charge in [-0.15, -0.1) is 0 Å². The van der Waals surface area contributed by atoms with E-state index < -0.39 is 0 Å². The van der Waals surface area contributed by atoms with Crippen molar-refractivity contribution in [1.82, 2.24) is 4.90 Å². The Labute approximate surface area is 105 Å². The van der Waals surface area contributed by atoms with Gasteiger partial charge in [-0.2, -0.15) is 0 Å². The molecule has 0 saturated heterocycles. The summed E-state index contributed by atoms with van der Waals surface area (Å²) in [6, 6.07) is 0.441. The van der Waals surface area contributed by atoms with E-state index in [9.17, 15) is 0 Å². The van der Waals surface area contributed by atoms with Crippen molar-refractivity contribution < 1.29 is 0 Å². The van der Waals surface area contributed by atoms with Crippen molar-refractivity contribution in [3.63, 3.8) is 0 Å². The molecule has 2 atom stereocenters. The predicted octanol–water partition coefficient (Wildman–Crippen LogP) is 1.98. The minimum Gasteiger partial charge on any atom is -0.402 e. The Hall–Kier alpha value is -1.22. The van der Waals surface area contributed by atoms with Gasteiger partial charge in [-0.05, 0) is 46.2 Å². The Balaban J connectivity index is 2.62. The van der Waals surface area contributed by atoms with Gasteiger partial charge in [0.1, 0.15) is 0 Å². The SMILES string of the molecule is CC(C)=CCN(C)[C@H](C)C1C=C(N)C=C(N)C1. The molecule has 0 aromatic carbocycles. The molecule has 3 heteroatoms. The molecule has 0 radical (unpaired) electrons. The first kappa shape index (κ1) is 13.8. The molecule has 0 spiro atoms. The molecule has 96 valence electrons. The summed E-state index contributed by atoms with van der Waals surface area (Å²) in [6.07, 6.45) is 7.13. The van der Waals surface area contributed by atoms with Gasteiger partial charge < -0.3 is 11.5 Å². The van der Waals surface area contributed by atoms with Crippen LogP contribution in [0, 0.1) is 5.92 Å². The van der Waals surface area contributed by atoms with Crippen LogP contribution in [-0.4, -0.2) is 24.5 Å². The number of hydrogen-bond acceptors (Lipinski definition) is 3. The fourth-order valence-electron chi connectivity index (χ4n) is 2.03. The fourth-order valence-corrected chi connectivity index (χ4v) is 2.03. The Bertz CT molecular complexity index is 348. The number of nitrogens with zero attached hydrogens (tertiary/aromatic N) is 1. The Morgan fingerprint density at radius 2 is 2.18 bits per heavy atom. The Morgan fingerprint density at radius 3 is 2.71 bits per heavy atom. The molecule has 0 aromatic rings. The van der Waals surface area contributed by atoms with Crippen molar-refractivity contribution in [2.75, 3.05) is 13.6 Å². The summed E-state index contributed by atoms with van der Waals surface area (Å²) in [7, 11) is 2.14. The largest absolute Gasteiger partial charge is 0.402 e. The van der Waals surface area contributed by atoms with Crippen LogP contribution in [0.1, 0.15) is 27.2 Å². The van der Waals surface area contributed by atoms with E-state index in [1.165, 1.54) is 5.57 Å². The first-order chi connectivity index (χ1) is 7.90. The van der Waals surface area contributed by atoms with Crippen LogP contribution in [0.4, 0.5) is 0 Å². The topological polar surface area (TPSA) is 55.3 Å². The lowest BCUT2D eigenvalue weighted by atomic mass is 9.90. The van der Waals surface area contributed by atoms with Gasteiger partial charge >= 0.3 is 0 Å². The van der Waals surface area contributed by atoms with E-state index in [2.05, 4.69) is 44.9 Å². The molecule has 0 bridgehead atoms. The van der Waals surface area contributed by atoms with Crippen LogP contribution in [0.2, 0.25) is 0 Å². The standard InChI is InChI=1S/C14H25N3/c1-10(2)5-6-17(4)11(3)12-7-13(15)9-14(16)8-12/h5,7,9,11-12H,6,8,15-16H2,1-4H3/t11-,12?/m1/s1. The molecule has 1 unspecified atom stereocenters. The second-order valence-electron chi connectivity index (χ2n) is 5.22. The molecule has 1 aliphatic rings. The van der Waals surface area contributed by atoms with Crippen molar-refractivity contribution in [1.29, 1.82) is 0 Å². The molecule has 1 rings (SSSR count). The second kappa shape index (κ2) is 5.92. The van der Waals surface area contributed by atoms with Crippen LogP contribution in [0.15, 0.2) is 35.2 Å². The molecule has 17 heavy (non-hydrogen) atoms. The molecule has 1 aliphatic carbocycles. The summed E-state index contributed by atoms with van der Waals surface area (Å²) < 4.78 is 0. The van der Waals surface area contributed by atoms with Crippen LogP contribution in [-0.2, 0) is 0 Å². The van der Waals surface area contributed by atoms with Gasteiger partial charge in [0.05, 0.1) is 0 Å². The minimum atomic E-state index is 0.413. The van der Waals surface area contributed by atoms with Crippen LogP contribution >= 0.6 is 0 Å². The van der Waals surface area contributed by atoms with Gasteiger partial charge in [0, 0.05) is 24.0 Å². The Morgan fingerprint density at radius 1 is 1.53 bits per heavy atom. The average molecular weight is 235 g/mol. The van der Waals surface area contributed by atoms with Crippen molar-refractivity contribution in [3.05, 3.63) is 35.2 Å². The number of nitrogens with two attached hydrogens (primary N) is 2. The number of allylic oxidation sites excluding steroid dienone is 3. The van der Waals surface area contributed by atoms with E-state index >= 15 is 0 Å². The van der Waals surface area contributed by atoms with Crippen molar-refractivity contribution in [3.8, 4) is 0 Å². The van der Waals surface area contributed by atoms with Crippen LogP contribution in [0.25, 0.3) is 0 Å². The van der Waals surface area contributed by atoms with Gasteiger partial charge in [0.2, 0.25) is 0 Å². The maximum Gasteiger partial charge on any atom is 0.0294 e. The van der Waals surface area contributed by atoms with Gasteiger partial charge in [-0.1, -0.05) is 17.7 Å². The molecular formula is C14H25N3. The molecule has 0 aliphatic heterocycles. The lowest BCUT2D eigenvalue weighted by molar-refractivity contribution is 0.230. The maximum absolute atomic E-state index is 5.89. The fraction of sp³-hybridized carbons (Fsp3) is 0.571. The zero-order chi connectivity index (χ0) is 13.0. The van der Waals surface area contributed by atoms with Crippen LogP contribution in [0.5, 0.6) is 0 Å². The van der Waals surface area contributed by atoms with Crippen molar-refractivity contribution >= 4 is 0 Å². The lowest BCUT2D eigenvalue weighted by Gasteiger charge is -2.31. The van der Waals surface area contributed by atoms with Crippen molar-refractivity contribution in [2.45, 2.75) is 33.2 Å². The summed E-state index contributed by atoms with van der Waals surface area (Å²) in [4.78, 5) is 2.33. The number of likely N-dealkylation sites (N-methyl/N-ethyl adjacent to an activating group) is 1. The molecule has 3 nitrogen and oxygen atoms in total. The van der Waals surface area contributed by atoms with E-state index in [0.29, 0.717) is 12.0 Å². The Kier molecular flexibility index (Phi) is 4.82. The van der Waals surface area contributed by atoms with E-state index in [4.69, 9.17) is 11.5 Å². The highest BCUT2D eigenvalue weighted by molar-refractivity contribution is 5.26. The van der Waals surface area contributed by atoms with Crippen molar-refractivity contribution in [2.24, 2.45) is 17.4 Å². The highest BCUT2D eigenvalue weighted by Gasteiger charge is 2.21. The molecule has 0 amide bonds. The normalized spacial score (nSPS) is 21.8. The first-order valence-electron chi connectivity index (χ1n) is 6.17. The number of hydrogen-bond donors (Lipinski definition) is 2. The molecule has 0 aromatic heterocycles. The van der Waals surface area contributed by atoms with Gasteiger partial charge in [0.25, 0.3) is 0 Å². The zero-order valence-electron chi connectivity index (χ0n) is 11.4. The smallest absolute Gasteiger partial charge is 0.0294 e. The zero-order valence-corrected chi connectivity index (χ0v) is 11.4. The molecule has 4 N–H and O–H groups in total. The summed E-state index contributed by atoms with van der Waals surface area (Å²) in [6.45, 7) is 7.44.